The molecule has 0 atom stereocenters. The Labute approximate surface area is 220 Å². The van der Waals surface area contributed by atoms with Gasteiger partial charge in [-0.3, -0.25) is 9.20 Å². The SMILES string of the molecule is COc1ccc(CCn2c(C)cc(C(=O)CSc3cc(C)c(C#N)c4nc5ccccc5n34)c2C)cc1. The number of methoxy groups -OCH3 is 1. The lowest BCUT2D eigenvalue weighted by Gasteiger charge is -2.11. The van der Waals surface area contributed by atoms with E-state index in [0.717, 1.165) is 57.3 Å². The highest BCUT2D eigenvalue weighted by molar-refractivity contribution is 8.00. The first-order chi connectivity index (χ1) is 17.9. The average molecular weight is 509 g/mol. The summed E-state index contributed by atoms with van der Waals surface area (Å²) in [5.74, 6) is 1.24. The Kier molecular flexibility index (Phi) is 6.77. The molecule has 0 aliphatic carbocycles. The molecular formula is C30H28N4O2S. The van der Waals surface area contributed by atoms with Gasteiger partial charge in [0.2, 0.25) is 0 Å². The molecule has 0 saturated carbocycles. The van der Waals surface area contributed by atoms with Crippen LogP contribution in [-0.4, -0.2) is 32.6 Å². The minimum atomic E-state index is 0.0911. The van der Waals surface area contributed by atoms with Crippen LogP contribution >= 0.6 is 11.8 Å². The molecule has 6 nitrogen and oxygen atoms in total. The predicted octanol–water partition coefficient (Wildman–Crippen LogP) is 6.31. The van der Waals surface area contributed by atoms with E-state index in [4.69, 9.17) is 9.72 Å². The summed E-state index contributed by atoms with van der Waals surface area (Å²) in [6, 6.07) is 22.2. The first-order valence-corrected chi connectivity index (χ1v) is 13.2. The Morgan fingerprint density at radius 1 is 1.08 bits per heavy atom. The number of carbonyl (C=O) groups excluding carboxylic acids is 1. The van der Waals surface area contributed by atoms with Crippen molar-refractivity contribution in [2.75, 3.05) is 12.9 Å². The summed E-state index contributed by atoms with van der Waals surface area (Å²) in [6.07, 6.45) is 0.874. The second kappa shape index (κ2) is 10.2. The lowest BCUT2D eigenvalue weighted by molar-refractivity contribution is 0.102. The summed E-state index contributed by atoms with van der Waals surface area (Å²) in [5.41, 5.74) is 7.88. The second-order valence-electron chi connectivity index (χ2n) is 9.16. The first-order valence-electron chi connectivity index (χ1n) is 12.2. The van der Waals surface area contributed by atoms with E-state index in [1.54, 1.807) is 7.11 Å². The summed E-state index contributed by atoms with van der Waals surface area (Å²) >= 11 is 1.49. The van der Waals surface area contributed by atoms with Crippen molar-refractivity contribution in [3.05, 3.63) is 94.3 Å². The zero-order valence-electron chi connectivity index (χ0n) is 21.4. The molecule has 0 fully saturated rings. The van der Waals surface area contributed by atoms with Crippen LogP contribution in [0.4, 0.5) is 0 Å². The fourth-order valence-corrected chi connectivity index (χ4v) is 5.85. The molecule has 0 amide bonds. The topological polar surface area (TPSA) is 72.3 Å². The van der Waals surface area contributed by atoms with E-state index in [1.807, 2.05) is 66.8 Å². The molecule has 3 aromatic heterocycles. The summed E-state index contributed by atoms with van der Waals surface area (Å²) in [7, 11) is 1.67. The third-order valence-electron chi connectivity index (χ3n) is 6.86. The van der Waals surface area contributed by atoms with Crippen molar-refractivity contribution in [3.8, 4) is 11.8 Å². The zero-order chi connectivity index (χ0) is 26.1. The van der Waals surface area contributed by atoms with E-state index < -0.39 is 0 Å². The standard InChI is InChI=1S/C30H28N4O2S/c1-19-15-29(34-27-8-6-5-7-26(27)32-30(34)25(19)17-31)37-18-28(35)24-16-20(2)33(21(24)3)14-13-22-9-11-23(36-4)12-10-22/h5-12,15-16H,13-14,18H2,1-4H3. The Morgan fingerprint density at radius 2 is 1.84 bits per heavy atom. The van der Waals surface area contributed by atoms with Crippen molar-refractivity contribution in [2.24, 2.45) is 0 Å². The minimum absolute atomic E-state index is 0.0911. The van der Waals surface area contributed by atoms with Crippen molar-refractivity contribution in [1.82, 2.24) is 14.0 Å². The maximum atomic E-state index is 13.4. The number of carbonyl (C=O) groups is 1. The van der Waals surface area contributed by atoms with Crippen LogP contribution in [0.1, 0.15) is 38.4 Å². The number of ketones is 1. The fourth-order valence-electron chi connectivity index (χ4n) is 4.84. The molecule has 3 heterocycles. The van der Waals surface area contributed by atoms with Crippen molar-refractivity contribution >= 4 is 34.2 Å². The molecule has 2 aromatic carbocycles. The highest BCUT2D eigenvalue weighted by atomic mass is 32.2. The molecule has 37 heavy (non-hydrogen) atoms. The number of thioether (sulfide) groups is 1. The van der Waals surface area contributed by atoms with Gasteiger partial charge in [-0.15, -0.1) is 0 Å². The minimum Gasteiger partial charge on any atom is -0.497 e. The molecule has 0 aliphatic rings. The third kappa shape index (κ3) is 4.61. The first kappa shape index (κ1) is 24.7. The largest absolute Gasteiger partial charge is 0.497 e. The van der Waals surface area contributed by atoms with Crippen LogP contribution < -0.4 is 4.74 Å². The number of aromatic nitrogens is 3. The Balaban J connectivity index is 1.37. The van der Waals surface area contributed by atoms with Gasteiger partial charge in [-0.25, -0.2) is 4.98 Å². The number of benzene rings is 2. The molecule has 0 bridgehead atoms. The molecule has 0 N–H and O–H groups in total. The van der Waals surface area contributed by atoms with Crippen molar-refractivity contribution in [1.29, 1.82) is 5.26 Å². The molecular weight excluding hydrogens is 480 g/mol. The van der Waals surface area contributed by atoms with Gasteiger partial charge < -0.3 is 9.30 Å². The lowest BCUT2D eigenvalue weighted by Crippen LogP contribution is -2.09. The number of fused-ring (bicyclic) bond motifs is 3. The Hall–Kier alpha value is -4.02. The van der Waals surface area contributed by atoms with E-state index in [0.29, 0.717) is 17.0 Å². The van der Waals surface area contributed by atoms with E-state index >= 15 is 0 Å². The number of hydrogen-bond acceptors (Lipinski definition) is 5. The molecule has 0 aliphatic heterocycles. The Morgan fingerprint density at radius 3 is 2.57 bits per heavy atom. The van der Waals surface area contributed by atoms with Gasteiger partial charge in [0.05, 0.1) is 34.5 Å². The van der Waals surface area contributed by atoms with Crippen molar-refractivity contribution in [3.63, 3.8) is 0 Å². The molecule has 0 radical (unpaired) electrons. The number of rotatable bonds is 8. The van der Waals surface area contributed by atoms with Gasteiger partial charge in [-0.1, -0.05) is 36.0 Å². The van der Waals surface area contributed by atoms with Crippen LogP contribution in [0.5, 0.6) is 5.75 Å². The van der Waals surface area contributed by atoms with Crippen LogP contribution in [0.2, 0.25) is 0 Å². The highest BCUT2D eigenvalue weighted by Gasteiger charge is 2.19. The number of Topliss-reactive ketones (excluding diaryl/α,β-unsaturated/α-hetero) is 1. The van der Waals surface area contributed by atoms with Gasteiger partial charge in [0, 0.05) is 23.5 Å². The van der Waals surface area contributed by atoms with Gasteiger partial charge in [0.15, 0.2) is 11.4 Å². The van der Waals surface area contributed by atoms with Crippen LogP contribution in [0.15, 0.2) is 65.7 Å². The maximum Gasteiger partial charge on any atom is 0.174 e. The lowest BCUT2D eigenvalue weighted by atomic mass is 10.1. The number of nitriles is 1. The third-order valence-corrected chi connectivity index (χ3v) is 7.86. The summed E-state index contributed by atoms with van der Waals surface area (Å²) < 4.78 is 9.46. The molecule has 186 valence electrons. The molecule has 0 spiro atoms. The average Bonchev–Trinajstić information content (AvgIpc) is 3.43. The fraction of sp³-hybridized carbons (Fsp3) is 0.233. The van der Waals surface area contributed by atoms with E-state index in [1.165, 1.54) is 17.3 Å². The number of pyridine rings is 1. The summed E-state index contributed by atoms with van der Waals surface area (Å²) in [5, 5.41) is 10.6. The van der Waals surface area contributed by atoms with Crippen LogP contribution in [0, 0.1) is 32.1 Å². The van der Waals surface area contributed by atoms with Gasteiger partial charge in [-0.05, 0) is 74.7 Å². The molecule has 7 heteroatoms. The number of imidazole rings is 1. The van der Waals surface area contributed by atoms with Crippen LogP contribution in [-0.2, 0) is 13.0 Å². The number of nitrogens with zero attached hydrogens (tertiary/aromatic N) is 4. The number of para-hydroxylation sites is 2. The normalized spacial score (nSPS) is 11.2. The number of aryl methyl sites for hydroxylation is 3. The van der Waals surface area contributed by atoms with Gasteiger partial charge in [0.1, 0.15) is 11.8 Å². The molecule has 0 saturated heterocycles. The maximum absolute atomic E-state index is 13.4. The van der Waals surface area contributed by atoms with Gasteiger partial charge in [-0.2, -0.15) is 5.26 Å². The Bertz CT molecular complexity index is 1670. The quantitative estimate of drug-likeness (QED) is 0.181. The second-order valence-corrected chi connectivity index (χ2v) is 10.2. The summed E-state index contributed by atoms with van der Waals surface area (Å²) in [4.78, 5) is 18.1. The monoisotopic (exact) mass is 508 g/mol. The van der Waals surface area contributed by atoms with E-state index in [-0.39, 0.29) is 5.78 Å². The smallest absolute Gasteiger partial charge is 0.174 e. The number of hydrogen-bond donors (Lipinski definition) is 0. The van der Waals surface area contributed by atoms with Crippen LogP contribution in [0.25, 0.3) is 16.7 Å². The van der Waals surface area contributed by atoms with Gasteiger partial charge in [0.25, 0.3) is 0 Å². The highest BCUT2D eigenvalue weighted by Crippen LogP contribution is 2.30. The van der Waals surface area contributed by atoms with Crippen molar-refractivity contribution < 1.29 is 9.53 Å². The van der Waals surface area contributed by atoms with Gasteiger partial charge >= 0.3 is 0 Å². The predicted molar refractivity (Wildman–Crippen MR) is 148 cm³/mol. The molecule has 0 unspecified atom stereocenters. The molecule has 5 rings (SSSR count). The van der Waals surface area contributed by atoms with E-state index in [9.17, 15) is 10.1 Å². The summed E-state index contributed by atoms with van der Waals surface area (Å²) in [6.45, 7) is 6.80. The zero-order valence-corrected chi connectivity index (χ0v) is 22.2. The number of ether oxygens (including phenoxy) is 1. The van der Waals surface area contributed by atoms with Crippen molar-refractivity contribution in [2.45, 2.75) is 38.8 Å². The van der Waals surface area contributed by atoms with Crippen LogP contribution in [0.3, 0.4) is 0 Å². The molecule has 5 aromatic rings. The van der Waals surface area contributed by atoms with E-state index in [2.05, 4.69) is 29.7 Å².